The van der Waals surface area contributed by atoms with Crippen molar-refractivity contribution in [3.05, 3.63) is 29.8 Å². The molecule has 0 heterocycles. The van der Waals surface area contributed by atoms with Gasteiger partial charge in [0.05, 0.1) is 7.11 Å². The lowest BCUT2D eigenvalue weighted by Gasteiger charge is -2.20. The molecule has 1 atom stereocenters. The highest BCUT2D eigenvalue weighted by atomic mass is 32.2. The molecule has 0 aliphatic heterocycles. The van der Waals surface area contributed by atoms with Crippen LogP contribution < -0.4 is 10.1 Å². The van der Waals surface area contributed by atoms with Crippen molar-refractivity contribution < 1.29 is 4.74 Å². The maximum absolute atomic E-state index is 5.49. The van der Waals surface area contributed by atoms with Crippen molar-refractivity contribution >= 4 is 11.8 Å². The summed E-state index contributed by atoms with van der Waals surface area (Å²) in [7, 11) is 1.76. The highest BCUT2D eigenvalue weighted by Gasteiger charge is 2.13. The van der Waals surface area contributed by atoms with Gasteiger partial charge in [-0.05, 0) is 54.9 Å². The lowest BCUT2D eigenvalue weighted by atomic mass is 9.94. The quantitative estimate of drug-likeness (QED) is 0.613. The Labute approximate surface area is 135 Å². The zero-order chi connectivity index (χ0) is 15.5. The van der Waals surface area contributed by atoms with E-state index in [-0.39, 0.29) is 0 Å². The van der Waals surface area contributed by atoms with Crippen molar-refractivity contribution in [1.29, 1.82) is 0 Å². The van der Waals surface area contributed by atoms with Gasteiger partial charge in [0.1, 0.15) is 5.75 Å². The second kappa shape index (κ2) is 11.0. The molecule has 0 aromatic heterocycles. The van der Waals surface area contributed by atoms with E-state index >= 15 is 0 Å². The fourth-order valence-electron chi connectivity index (χ4n) is 2.48. The van der Waals surface area contributed by atoms with Crippen molar-refractivity contribution in [2.45, 2.75) is 46.1 Å². The number of thioether (sulfide) groups is 1. The van der Waals surface area contributed by atoms with Crippen LogP contribution in [0.4, 0.5) is 0 Å². The third kappa shape index (κ3) is 7.77. The van der Waals surface area contributed by atoms with E-state index in [1.54, 1.807) is 7.11 Å². The van der Waals surface area contributed by atoms with Crippen LogP contribution >= 0.6 is 11.8 Å². The van der Waals surface area contributed by atoms with Gasteiger partial charge in [-0.15, -0.1) is 0 Å². The molecular formula is C18H31NOS. The average Bonchev–Trinajstić information content (AvgIpc) is 2.49. The number of rotatable bonds is 11. The Kier molecular flexibility index (Phi) is 9.60. The Morgan fingerprint density at radius 1 is 1.24 bits per heavy atom. The van der Waals surface area contributed by atoms with E-state index in [0.29, 0.717) is 12.0 Å². The van der Waals surface area contributed by atoms with E-state index in [1.807, 2.05) is 17.8 Å². The van der Waals surface area contributed by atoms with E-state index in [0.717, 1.165) is 18.7 Å². The first-order valence-electron chi connectivity index (χ1n) is 8.10. The van der Waals surface area contributed by atoms with Crippen LogP contribution in [-0.2, 0) is 6.42 Å². The summed E-state index contributed by atoms with van der Waals surface area (Å²) in [6, 6.07) is 8.96. The predicted molar refractivity (Wildman–Crippen MR) is 95.6 cm³/mol. The van der Waals surface area contributed by atoms with Crippen LogP contribution in [0.25, 0.3) is 0 Å². The topological polar surface area (TPSA) is 21.3 Å². The number of para-hydroxylation sites is 1. The molecule has 0 fully saturated rings. The molecule has 1 N–H and O–H groups in total. The average molecular weight is 310 g/mol. The fourth-order valence-corrected chi connectivity index (χ4v) is 3.14. The zero-order valence-corrected chi connectivity index (χ0v) is 14.8. The van der Waals surface area contributed by atoms with E-state index in [1.165, 1.54) is 29.9 Å². The minimum Gasteiger partial charge on any atom is -0.496 e. The Bertz CT molecular complexity index is 381. The molecule has 1 aromatic carbocycles. The van der Waals surface area contributed by atoms with Gasteiger partial charge in [-0.3, -0.25) is 0 Å². The van der Waals surface area contributed by atoms with Crippen LogP contribution in [0.15, 0.2) is 24.3 Å². The van der Waals surface area contributed by atoms with Gasteiger partial charge in [0.25, 0.3) is 0 Å². The Hall–Kier alpha value is -0.670. The molecule has 0 radical (unpaired) electrons. The van der Waals surface area contributed by atoms with Gasteiger partial charge in [0.15, 0.2) is 0 Å². The number of ether oxygens (including phenoxy) is 1. The van der Waals surface area contributed by atoms with Gasteiger partial charge in [-0.1, -0.05) is 39.0 Å². The number of hydrogen-bond acceptors (Lipinski definition) is 3. The number of nitrogens with one attached hydrogen (secondary N) is 1. The van der Waals surface area contributed by atoms with Crippen molar-refractivity contribution in [2.24, 2.45) is 5.92 Å². The van der Waals surface area contributed by atoms with Crippen LogP contribution in [0.5, 0.6) is 5.75 Å². The first-order valence-corrected chi connectivity index (χ1v) is 9.25. The first kappa shape index (κ1) is 18.4. The van der Waals surface area contributed by atoms with Crippen LogP contribution in [0, 0.1) is 5.92 Å². The standard InChI is InChI=1S/C18H31NOS/c1-5-21-12-8-9-16(14-19-15(2)3)13-17-10-6-7-11-18(17)20-4/h6-7,10-11,15-16,19H,5,8-9,12-14H2,1-4H3. The highest BCUT2D eigenvalue weighted by Crippen LogP contribution is 2.23. The Balaban J connectivity index is 2.57. The summed E-state index contributed by atoms with van der Waals surface area (Å²) in [4.78, 5) is 0. The molecule has 0 aliphatic rings. The molecule has 2 nitrogen and oxygen atoms in total. The van der Waals surface area contributed by atoms with Crippen molar-refractivity contribution in [1.82, 2.24) is 5.32 Å². The minimum atomic E-state index is 0.551. The summed E-state index contributed by atoms with van der Waals surface area (Å²) in [6.45, 7) is 7.75. The smallest absolute Gasteiger partial charge is 0.122 e. The van der Waals surface area contributed by atoms with Gasteiger partial charge >= 0.3 is 0 Å². The number of benzene rings is 1. The largest absolute Gasteiger partial charge is 0.496 e. The molecule has 1 rings (SSSR count). The van der Waals surface area contributed by atoms with E-state index < -0.39 is 0 Å². The van der Waals surface area contributed by atoms with E-state index in [9.17, 15) is 0 Å². The third-order valence-corrected chi connectivity index (χ3v) is 4.61. The predicted octanol–water partition coefficient (Wildman–Crippen LogP) is 4.39. The lowest BCUT2D eigenvalue weighted by molar-refractivity contribution is 0.389. The van der Waals surface area contributed by atoms with Crippen LogP contribution in [0.2, 0.25) is 0 Å². The number of methoxy groups -OCH3 is 1. The third-order valence-electron chi connectivity index (χ3n) is 3.62. The monoisotopic (exact) mass is 309 g/mol. The summed E-state index contributed by atoms with van der Waals surface area (Å²) in [5.41, 5.74) is 1.33. The summed E-state index contributed by atoms with van der Waals surface area (Å²) in [5.74, 6) is 4.21. The molecule has 0 aliphatic carbocycles. The van der Waals surface area contributed by atoms with E-state index in [4.69, 9.17) is 4.74 Å². The molecule has 21 heavy (non-hydrogen) atoms. The molecule has 0 spiro atoms. The summed E-state index contributed by atoms with van der Waals surface area (Å²) >= 11 is 2.04. The normalized spacial score (nSPS) is 12.6. The van der Waals surface area contributed by atoms with Gasteiger partial charge in [-0.2, -0.15) is 11.8 Å². The maximum atomic E-state index is 5.49. The molecular weight excluding hydrogens is 278 g/mol. The summed E-state index contributed by atoms with van der Waals surface area (Å²) < 4.78 is 5.49. The van der Waals surface area contributed by atoms with Gasteiger partial charge in [0.2, 0.25) is 0 Å². The highest BCUT2D eigenvalue weighted by molar-refractivity contribution is 7.99. The fraction of sp³-hybridized carbons (Fsp3) is 0.667. The molecule has 1 unspecified atom stereocenters. The van der Waals surface area contributed by atoms with Crippen molar-refractivity contribution in [3.63, 3.8) is 0 Å². The lowest BCUT2D eigenvalue weighted by Crippen LogP contribution is -2.30. The van der Waals surface area contributed by atoms with Crippen LogP contribution in [-0.4, -0.2) is 31.2 Å². The molecule has 3 heteroatoms. The second-order valence-electron chi connectivity index (χ2n) is 5.78. The summed E-state index contributed by atoms with van der Waals surface area (Å²) in [5, 5.41) is 3.60. The molecule has 0 amide bonds. The van der Waals surface area contributed by atoms with Crippen molar-refractivity contribution in [3.8, 4) is 5.75 Å². The molecule has 1 aromatic rings. The number of hydrogen-bond donors (Lipinski definition) is 1. The zero-order valence-electron chi connectivity index (χ0n) is 14.0. The minimum absolute atomic E-state index is 0.551. The molecule has 0 bridgehead atoms. The summed E-state index contributed by atoms with van der Waals surface area (Å²) in [6.07, 6.45) is 3.68. The SMILES string of the molecule is CCSCCCC(CNC(C)C)Cc1ccccc1OC. The molecule has 0 saturated heterocycles. The Morgan fingerprint density at radius 3 is 2.67 bits per heavy atom. The van der Waals surface area contributed by atoms with E-state index in [2.05, 4.69) is 44.3 Å². The maximum Gasteiger partial charge on any atom is 0.122 e. The van der Waals surface area contributed by atoms with Gasteiger partial charge in [0, 0.05) is 6.04 Å². The Morgan fingerprint density at radius 2 is 2.00 bits per heavy atom. The van der Waals surface area contributed by atoms with Crippen LogP contribution in [0.1, 0.15) is 39.2 Å². The van der Waals surface area contributed by atoms with Gasteiger partial charge < -0.3 is 10.1 Å². The molecule has 0 saturated carbocycles. The van der Waals surface area contributed by atoms with Crippen molar-refractivity contribution in [2.75, 3.05) is 25.2 Å². The first-order chi connectivity index (χ1) is 10.2. The second-order valence-corrected chi connectivity index (χ2v) is 7.18. The van der Waals surface area contributed by atoms with Gasteiger partial charge in [-0.25, -0.2) is 0 Å². The van der Waals surface area contributed by atoms with Crippen LogP contribution in [0.3, 0.4) is 0 Å². The molecule has 120 valence electrons.